The Morgan fingerprint density at radius 3 is 2.39 bits per heavy atom. The van der Waals surface area contributed by atoms with Gasteiger partial charge in [-0.2, -0.15) is 0 Å². The summed E-state index contributed by atoms with van der Waals surface area (Å²) in [5, 5.41) is 3.26. The third-order valence-electron chi connectivity index (χ3n) is 5.10. The molecule has 1 saturated carbocycles. The van der Waals surface area contributed by atoms with Crippen LogP contribution in [0.25, 0.3) is 0 Å². The number of hydrogen-bond donors (Lipinski definition) is 1. The van der Waals surface area contributed by atoms with E-state index in [-0.39, 0.29) is 11.9 Å². The van der Waals surface area contributed by atoms with Crippen LogP contribution in [0, 0.1) is 5.92 Å². The minimum atomic E-state index is -0.614. The Morgan fingerprint density at radius 1 is 1.13 bits per heavy atom. The Kier molecular flexibility index (Phi) is 5.55. The van der Waals surface area contributed by atoms with Gasteiger partial charge in [-0.3, -0.25) is 4.79 Å². The minimum Gasteiger partial charge on any atom is -0.493 e. The molecular formula is C19H29NO3. The van der Waals surface area contributed by atoms with E-state index in [1.54, 1.807) is 14.2 Å². The number of nitrogens with one attached hydrogen (secondary N) is 1. The molecule has 1 aromatic carbocycles. The normalized spacial score (nSPS) is 21.6. The summed E-state index contributed by atoms with van der Waals surface area (Å²) in [5.74, 6) is 1.95. The van der Waals surface area contributed by atoms with Crippen LogP contribution in [0.1, 0.15) is 52.0 Å². The van der Waals surface area contributed by atoms with Crippen molar-refractivity contribution in [2.45, 2.75) is 57.9 Å². The molecule has 4 nitrogen and oxygen atoms in total. The second kappa shape index (κ2) is 7.24. The van der Waals surface area contributed by atoms with Gasteiger partial charge in [0.15, 0.2) is 11.5 Å². The van der Waals surface area contributed by atoms with Crippen LogP contribution in [-0.2, 0) is 10.2 Å². The van der Waals surface area contributed by atoms with Crippen molar-refractivity contribution in [2.24, 2.45) is 5.92 Å². The van der Waals surface area contributed by atoms with Gasteiger partial charge in [-0.15, -0.1) is 0 Å². The first kappa shape index (κ1) is 17.6. The van der Waals surface area contributed by atoms with Crippen LogP contribution in [0.3, 0.4) is 0 Å². The minimum absolute atomic E-state index is 0.0727. The fourth-order valence-corrected chi connectivity index (χ4v) is 3.24. The van der Waals surface area contributed by atoms with Gasteiger partial charge in [0.2, 0.25) is 5.91 Å². The largest absolute Gasteiger partial charge is 0.493 e. The number of carbonyl (C=O) groups excluding carboxylic acids is 1. The highest BCUT2D eigenvalue weighted by Gasteiger charge is 2.33. The van der Waals surface area contributed by atoms with Crippen LogP contribution >= 0.6 is 0 Å². The SMILES string of the molecule is COc1ccc(C(C)(C)C(=O)NC2CCCCC2C)cc1OC. The second-order valence-electron chi connectivity index (χ2n) is 7.04. The Hall–Kier alpha value is -1.71. The average molecular weight is 319 g/mol. The van der Waals surface area contributed by atoms with Gasteiger partial charge in [-0.25, -0.2) is 0 Å². The molecule has 2 atom stereocenters. The Balaban J connectivity index is 2.17. The number of carbonyl (C=O) groups is 1. The summed E-state index contributed by atoms with van der Waals surface area (Å²) in [6.45, 7) is 6.14. The summed E-state index contributed by atoms with van der Waals surface area (Å²) in [6.07, 6.45) is 4.75. The molecule has 1 fully saturated rings. The first-order chi connectivity index (χ1) is 10.9. The molecule has 1 amide bonds. The summed E-state index contributed by atoms with van der Waals surface area (Å²) in [7, 11) is 3.22. The van der Waals surface area contributed by atoms with Gasteiger partial charge in [-0.1, -0.05) is 25.8 Å². The van der Waals surface area contributed by atoms with E-state index in [1.807, 2.05) is 32.0 Å². The van der Waals surface area contributed by atoms with Crippen molar-refractivity contribution in [2.75, 3.05) is 14.2 Å². The van der Waals surface area contributed by atoms with E-state index < -0.39 is 5.41 Å². The lowest BCUT2D eigenvalue weighted by molar-refractivity contribution is -0.127. The quantitative estimate of drug-likeness (QED) is 0.900. The number of ether oxygens (including phenoxy) is 2. The maximum Gasteiger partial charge on any atom is 0.230 e. The van der Waals surface area contributed by atoms with E-state index >= 15 is 0 Å². The van der Waals surface area contributed by atoms with Gasteiger partial charge in [0.05, 0.1) is 19.6 Å². The van der Waals surface area contributed by atoms with Crippen LogP contribution in [0.15, 0.2) is 18.2 Å². The molecule has 2 rings (SSSR count). The lowest BCUT2D eigenvalue weighted by Crippen LogP contribution is -2.48. The predicted octanol–water partition coefficient (Wildman–Crippen LogP) is 3.68. The molecule has 0 radical (unpaired) electrons. The summed E-state index contributed by atoms with van der Waals surface area (Å²) < 4.78 is 10.6. The Morgan fingerprint density at radius 2 is 1.78 bits per heavy atom. The van der Waals surface area contributed by atoms with Crippen molar-refractivity contribution in [1.29, 1.82) is 0 Å². The standard InChI is InChI=1S/C19H29NO3/c1-13-8-6-7-9-15(13)20-18(21)19(2,3)14-10-11-16(22-4)17(12-14)23-5/h10-13,15H,6-9H2,1-5H3,(H,20,21). The predicted molar refractivity (Wildman–Crippen MR) is 92.1 cm³/mol. The van der Waals surface area contributed by atoms with E-state index in [2.05, 4.69) is 12.2 Å². The van der Waals surface area contributed by atoms with Crippen molar-refractivity contribution >= 4 is 5.91 Å². The highest BCUT2D eigenvalue weighted by molar-refractivity contribution is 5.87. The molecule has 1 aliphatic carbocycles. The van der Waals surface area contributed by atoms with E-state index in [9.17, 15) is 4.79 Å². The van der Waals surface area contributed by atoms with Crippen molar-refractivity contribution in [3.05, 3.63) is 23.8 Å². The van der Waals surface area contributed by atoms with Gasteiger partial charge in [0.25, 0.3) is 0 Å². The van der Waals surface area contributed by atoms with Crippen LogP contribution in [0.4, 0.5) is 0 Å². The van der Waals surface area contributed by atoms with Crippen molar-refractivity contribution in [1.82, 2.24) is 5.32 Å². The number of amides is 1. The third-order valence-corrected chi connectivity index (χ3v) is 5.10. The fraction of sp³-hybridized carbons (Fsp3) is 0.632. The Labute approximate surface area is 139 Å². The molecule has 4 heteroatoms. The van der Waals surface area contributed by atoms with E-state index in [4.69, 9.17) is 9.47 Å². The van der Waals surface area contributed by atoms with Gasteiger partial charge in [0, 0.05) is 6.04 Å². The summed E-state index contributed by atoms with van der Waals surface area (Å²) >= 11 is 0. The van der Waals surface area contributed by atoms with E-state index in [1.165, 1.54) is 19.3 Å². The van der Waals surface area contributed by atoms with Crippen molar-refractivity contribution in [3.63, 3.8) is 0 Å². The molecule has 0 saturated heterocycles. The fourth-order valence-electron chi connectivity index (χ4n) is 3.24. The maximum atomic E-state index is 12.8. The number of benzene rings is 1. The highest BCUT2D eigenvalue weighted by Crippen LogP contribution is 2.34. The summed E-state index contributed by atoms with van der Waals surface area (Å²) in [6, 6.07) is 5.97. The maximum absolute atomic E-state index is 12.8. The first-order valence-electron chi connectivity index (χ1n) is 8.43. The van der Waals surface area contributed by atoms with Crippen LogP contribution in [-0.4, -0.2) is 26.2 Å². The molecule has 0 heterocycles. The Bertz CT molecular complexity index is 554. The monoisotopic (exact) mass is 319 g/mol. The van der Waals surface area contributed by atoms with Crippen LogP contribution in [0.2, 0.25) is 0 Å². The molecule has 1 aromatic rings. The van der Waals surface area contributed by atoms with Crippen molar-refractivity contribution in [3.8, 4) is 11.5 Å². The molecule has 1 N–H and O–H groups in total. The lowest BCUT2D eigenvalue weighted by atomic mass is 9.81. The molecule has 1 aliphatic rings. The van der Waals surface area contributed by atoms with Crippen LogP contribution in [0.5, 0.6) is 11.5 Å². The first-order valence-corrected chi connectivity index (χ1v) is 8.43. The molecule has 23 heavy (non-hydrogen) atoms. The average Bonchev–Trinajstić information content (AvgIpc) is 2.56. The van der Waals surface area contributed by atoms with E-state index in [0.29, 0.717) is 17.4 Å². The zero-order valence-corrected chi connectivity index (χ0v) is 14.9. The van der Waals surface area contributed by atoms with Gasteiger partial charge < -0.3 is 14.8 Å². The smallest absolute Gasteiger partial charge is 0.230 e. The molecule has 0 spiro atoms. The zero-order valence-electron chi connectivity index (χ0n) is 14.9. The van der Waals surface area contributed by atoms with Crippen molar-refractivity contribution < 1.29 is 14.3 Å². The van der Waals surface area contributed by atoms with Gasteiger partial charge in [-0.05, 0) is 50.3 Å². The summed E-state index contributed by atoms with van der Waals surface area (Å²) in [4.78, 5) is 12.8. The molecule has 2 unspecified atom stereocenters. The van der Waals surface area contributed by atoms with Gasteiger partial charge >= 0.3 is 0 Å². The molecule has 0 bridgehead atoms. The molecule has 0 aliphatic heterocycles. The molecular weight excluding hydrogens is 290 g/mol. The lowest BCUT2D eigenvalue weighted by Gasteiger charge is -2.33. The molecule has 0 aromatic heterocycles. The van der Waals surface area contributed by atoms with Gasteiger partial charge in [0.1, 0.15) is 0 Å². The topological polar surface area (TPSA) is 47.6 Å². The molecule has 128 valence electrons. The highest BCUT2D eigenvalue weighted by atomic mass is 16.5. The number of hydrogen-bond acceptors (Lipinski definition) is 3. The van der Waals surface area contributed by atoms with Crippen LogP contribution < -0.4 is 14.8 Å². The summed E-state index contributed by atoms with van der Waals surface area (Å²) in [5.41, 5.74) is 0.313. The van der Waals surface area contributed by atoms with E-state index in [0.717, 1.165) is 12.0 Å². The number of rotatable bonds is 5. The second-order valence-corrected chi connectivity index (χ2v) is 7.04. The third kappa shape index (κ3) is 3.80. The number of methoxy groups -OCH3 is 2. The zero-order chi connectivity index (χ0) is 17.0.